The van der Waals surface area contributed by atoms with Crippen LogP contribution in [0.25, 0.3) is 0 Å². The molecular formula is C37H63N4O2P. The van der Waals surface area contributed by atoms with Gasteiger partial charge in [0.05, 0.1) is 18.5 Å². The lowest BCUT2D eigenvalue weighted by Crippen LogP contribution is -2.50. The normalized spacial score (nSPS) is 16.9. The maximum Gasteiger partial charge on any atom is 0.236 e. The number of allylic oxidation sites excluding steroid dienone is 4. The second-order valence-electron chi connectivity index (χ2n) is 12.6. The number of amidine groups is 1. The Morgan fingerprint density at radius 1 is 1.11 bits per heavy atom. The molecule has 1 aromatic carbocycles. The zero-order valence-electron chi connectivity index (χ0n) is 29.2. The lowest BCUT2D eigenvalue weighted by molar-refractivity contribution is -0.122. The Kier molecular flexibility index (Phi) is 20.1. The van der Waals surface area contributed by atoms with E-state index in [9.17, 15) is 4.79 Å². The third kappa shape index (κ3) is 15.1. The number of nitrogens with two attached hydrogens (primary N) is 1. The number of benzene rings is 1. The van der Waals surface area contributed by atoms with Crippen LogP contribution in [0, 0.1) is 17.3 Å². The van der Waals surface area contributed by atoms with Gasteiger partial charge in [-0.3, -0.25) is 9.79 Å². The van der Waals surface area contributed by atoms with Crippen LogP contribution in [-0.4, -0.2) is 43.5 Å². The first-order chi connectivity index (χ1) is 21.0. The van der Waals surface area contributed by atoms with Crippen molar-refractivity contribution in [2.45, 2.75) is 112 Å². The molecule has 7 heteroatoms. The number of rotatable bonds is 22. The summed E-state index contributed by atoms with van der Waals surface area (Å²) in [5.74, 6) is 1.25. The van der Waals surface area contributed by atoms with E-state index < -0.39 is 0 Å². The molecule has 0 fully saturated rings. The van der Waals surface area contributed by atoms with E-state index in [2.05, 4.69) is 93.8 Å². The van der Waals surface area contributed by atoms with Crippen LogP contribution in [0.1, 0.15) is 106 Å². The SMILES string of the molecule is CC=CCC(NC(C)C(=O)NCCC(/C=C\C)=C/C)C(C)C(N)=NCCCOPC(CC(C)(C)C(C)CC)c1ccccc1. The van der Waals surface area contributed by atoms with Gasteiger partial charge in [0.1, 0.15) is 0 Å². The molecule has 4 N–H and O–H groups in total. The van der Waals surface area contributed by atoms with Crippen LogP contribution in [-0.2, 0) is 9.32 Å². The van der Waals surface area contributed by atoms with Gasteiger partial charge in [-0.05, 0) is 70.3 Å². The Morgan fingerprint density at radius 2 is 1.82 bits per heavy atom. The molecular weight excluding hydrogens is 563 g/mol. The summed E-state index contributed by atoms with van der Waals surface area (Å²) in [7, 11) is 0.416. The number of nitrogens with one attached hydrogen (secondary N) is 2. The van der Waals surface area contributed by atoms with Gasteiger partial charge in [0.2, 0.25) is 5.91 Å². The monoisotopic (exact) mass is 626 g/mol. The lowest BCUT2D eigenvalue weighted by Gasteiger charge is -2.35. The second-order valence-corrected chi connectivity index (χ2v) is 13.8. The number of amides is 1. The fourth-order valence-electron chi connectivity index (χ4n) is 5.16. The molecule has 1 amide bonds. The molecule has 0 heterocycles. The predicted molar refractivity (Wildman–Crippen MR) is 194 cm³/mol. The summed E-state index contributed by atoms with van der Waals surface area (Å²) in [6.07, 6.45) is 15.0. The first-order valence-corrected chi connectivity index (χ1v) is 17.6. The number of aliphatic imine (C=N–C) groups is 1. The average Bonchev–Trinajstić information content (AvgIpc) is 3.02. The van der Waals surface area contributed by atoms with Gasteiger partial charge in [0.25, 0.3) is 0 Å². The summed E-state index contributed by atoms with van der Waals surface area (Å²) in [5.41, 5.74) is 9.69. The number of nitrogens with zero attached hydrogens (tertiary/aromatic N) is 1. The second kappa shape index (κ2) is 22.3. The van der Waals surface area contributed by atoms with E-state index in [0.717, 1.165) is 25.7 Å². The van der Waals surface area contributed by atoms with Crippen molar-refractivity contribution in [3.8, 4) is 0 Å². The zero-order chi connectivity index (χ0) is 33.0. The highest BCUT2D eigenvalue weighted by Gasteiger charge is 2.29. The zero-order valence-corrected chi connectivity index (χ0v) is 30.2. The first-order valence-electron chi connectivity index (χ1n) is 16.6. The highest BCUT2D eigenvalue weighted by Crippen LogP contribution is 2.47. The summed E-state index contributed by atoms with van der Waals surface area (Å²) in [4.78, 5) is 17.5. The molecule has 0 aromatic heterocycles. The molecule has 0 radical (unpaired) electrons. The third-order valence-electron chi connectivity index (χ3n) is 8.82. The van der Waals surface area contributed by atoms with Crippen LogP contribution < -0.4 is 16.4 Å². The molecule has 1 aromatic rings. The van der Waals surface area contributed by atoms with Gasteiger partial charge in [0, 0.05) is 39.5 Å². The molecule has 0 bridgehead atoms. The molecule has 0 spiro atoms. The molecule has 44 heavy (non-hydrogen) atoms. The topological polar surface area (TPSA) is 88.7 Å². The highest BCUT2D eigenvalue weighted by molar-refractivity contribution is 7.32. The van der Waals surface area contributed by atoms with Gasteiger partial charge < -0.3 is 20.9 Å². The number of carbonyl (C=O) groups is 1. The molecule has 1 rings (SSSR count). The van der Waals surface area contributed by atoms with Gasteiger partial charge in [-0.2, -0.15) is 0 Å². The summed E-state index contributed by atoms with van der Waals surface area (Å²) in [6.45, 7) is 21.3. The molecule has 0 saturated heterocycles. The maximum atomic E-state index is 12.8. The van der Waals surface area contributed by atoms with Crippen LogP contribution >= 0.6 is 8.81 Å². The van der Waals surface area contributed by atoms with E-state index in [0.29, 0.717) is 45.9 Å². The minimum absolute atomic E-state index is 0.00283. The first kappa shape index (κ1) is 39.8. The molecule has 6 nitrogen and oxygen atoms in total. The van der Waals surface area contributed by atoms with Crippen molar-refractivity contribution in [2.24, 2.45) is 28.0 Å². The van der Waals surface area contributed by atoms with E-state index in [1.807, 2.05) is 39.8 Å². The Labute approximate surface area is 271 Å². The molecule has 248 valence electrons. The van der Waals surface area contributed by atoms with Crippen molar-refractivity contribution in [1.29, 1.82) is 0 Å². The largest absolute Gasteiger partial charge is 0.387 e. The Bertz CT molecular complexity index is 1050. The standard InChI is InChI=1S/C37H63N4O2P/c1-10-14-22-33(41-30(7)36(42)40-25-23-31(13-4)19-11-2)29(6)35(38)39-24-18-26-43-44-34(32-20-16-15-17-21-32)27-37(8,9)28(5)12-3/h10-11,13-17,19-21,28-30,33-34,41,44H,12,18,22-27H2,1-9H3,(H2,38,39)(H,40,42)/b14-10?,19-11-,31-13+. The summed E-state index contributed by atoms with van der Waals surface area (Å²) in [5, 5.41) is 6.56. The number of hydrogen-bond acceptors (Lipinski definition) is 4. The van der Waals surface area contributed by atoms with Crippen molar-refractivity contribution in [1.82, 2.24) is 10.6 Å². The summed E-state index contributed by atoms with van der Waals surface area (Å²) >= 11 is 0. The Hall–Kier alpha value is -2.27. The van der Waals surface area contributed by atoms with Crippen LogP contribution in [0.5, 0.6) is 0 Å². The van der Waals surface area contributed by atoms with Crippen molar-refractivity contribution in [2.75, 3.05) is 19.7 Å². The van der Waals surface area contributed by atoms with Crippen molar-refractivity contribution in [3.63, 3.8) is 0 Å². The van der Waals surface area contributed by atoms with E-state index in [4.69, 9.17) is 15.2 Å². The minimum atomic E-state index is -0.339. The van der Waals surface area contributed by atoms with E-state index >= 15 is 0 Å². The number of carbonyl (C=O) groups excluding carboxylic acids is 1. The van der Waals surface area contributed by atoms with Gasteiger partial charge in [-0.15, -0.1) is 0 Å². The molecule has 0 aliphatic rings. The molecule has 6 unspecified atom stereocenters. The van der Waals surface area contributed by atoms with Crippen molar-refractivity contribution < 1.29 is 9.32 Å². The highest BCUT2D eigenvalue weighted by atomic mass is 31.1. The summed E-state index contributed by atoms with van der Waals surface area (Å²) < 4.78 is 6.24. The van der Waals surface area contributed by atoms with E-state index in [-0.39, 0.29) is 29.3 Å². The van der Waals surface area contributed by atoms with Gasteiger partial charge in [-0.1, -0.05) is 107 Å². The van der Waals surface area contributed by atoms with Crippen LogP contribution in [0.3, 0.4) is 0 Å². The van der Waals surface area contributed by atoms with Crippen molar-refractivity contribution in [3.05, 3.63) is 71.8 Å². The molecule has 6 atom stereocenters. The fourth-order valence-corrected chi connectivity index (χ4v) is 6.57. The smallest absolute Gasteiger partial charge is 0.236 e. The van der Waals surface area contributed by atoms with Gasteiger partial charge in [0.15, 0.2) is 0 Å². The quantitative estimate of drug-likeness (QED) is 0.0301. The molecule has 0 aliphatic carbocycles. The van der Waals surface area contributed by atoms with E-state index in [1.165, 1.54) is 17.6 Å². The minimum Gasteiger partial charge on any atom is -0.387 e. The Balaban J connectivity index is 2.66. The maximum absolute atomic E-state index is 12.8. The third-order valence-corrected chi connectivity index (χ3v) is 10.0. The predicted octanol–water partition coefficient (Wildman–Crippen LogP) is 8.53. The van der Waals surface area contributed by atoms with Crippen molar-refractivity contribution >= 4 is 20.6 Å². The summed E-state index contributed by atoms with van der Waals surface area (Å²) in [6, 6.07) is 10.4. The Morgan fingerprint density at radius 3 is 2.43 bits per heavy atom. The molecule has 0 saturated carbocycles. The van der Waals surface area contributed by atoms with Crippen LogP contribution in [0.2, 0.25) is 0 Å². The van der Waals surface area contributed by atoms with Gasteiger partial charge >= 0.3 is 0 Å². The van der Waals surface area contributed by atoms with E-state index in [1.54, 1.807) is 0 Å². The lowest BCUT2D eigenvalue weighted by atomic mass is 9.74. The van der Waals surface area contributed by atoms with Crippen LogP contribution in [0.15, 0.2) is 71.3 Å². The number of hydrogen-bond donors (Lipinski definition) is 3. The molecule has 0 aliphatic heterocycles. The van der Waals surface area contributed by atoms with Crippen LogP contribution in [0.4, 0.5) is 0 Å². The fraction of sp³-hybridized carbons (Fsp3) is 0.622. The van der Waals surface area contributed by atoms with Gasteiger partial charge in [-0.25, -0.2) is 0 Å². The average molecular weight is 627 g/mol.